The first-order valence-corrected chi connectivity index (χ1v) is 4.87. The predicted molar refractivity (Wildman–Crippen MR) is 57.9 cm³/mol. The Labute approximate surface area is 80.1 Å². The minimum absolute atomic E-state index is 0.613. The van der Waals surface area contributed by atoms with Crippen molar-refractivity contribution in [1.82, 2.24) is 0 Å². The molecule has 0 fully saturated rings. The summed E-state index contributed by atoms with van der Waals surface area (Å²) in [6.07, 6.45) is 1.06. The van der Waals surface area contributed by atoms with Gasteiger partial charge in [0, 0.05) is 18.8 Å². The Bertz CT molecular complexity index is 269. The fourth-order valence-electron chi connectivity index (χ4n) is 1.41. The Morgan fingerprint density at radius 3 is 2.62 bits per heavy atom. The molecule has 1 aromatic carbocycles. The third-order valence-corrected chi connectivity index (χ3v) is 2.16. The van der Waals surface area contributed by atoms with E-state index >= 15 is 0 Å². The molecule has 0 aromatic heterocycles. The Balaban J connectivity index is 2.95. The van der Waals surface area contributed by atoms with Crippen molar-refractivity contribution in [2.45, 2.75) is 26.8 Å². The van der Waals surface area contributed by atoms with E-state index in [1.165, 1.54) is 16.8 Å². The molecule has 0 saturated carbocycles. The Morgan fingerprint density at radius 2 is 2.08 bits per heavy atom. The zero-order chi connectivity index (χ0) is 9.68. The molecule has 0 atom stereocenters. The fourth-order valence-corrected chi connectivity index (χ4v) is 1.41. The molecular weight excluding hydrogens is 160 g/mol. The van der Waals surface area contributed by atoms with E-state index in [0.717, 1.165) is 13.0 Å². The Morgan fingerprint density at radius 1 is 1.31 bits per heavy atom. The molecule has 0 aliphatic rings. The second kappa shape index (κ2) is 4.87. The van der Waals surface area contributed by atoms with E-state index in [-0.39, 0.29) is 0 Å². The van der Waals surface area contributed by atoms with Gasteiger partial charge in [-0.1, -0.05) is 19.1 Å². The van der Waals surface area contributed by atoms with Crippen LogP contribution in [0.15, 0.2) is 18.2 Å². The van der Waals surface area contributed by atoms with Gasteiger partial charge in [0.1, 0.15) is 0 Å². The van der Waals surface area contributed by atoms with Gasteiger partial charge in [-0.15, -0.1) is 0 Å². The van der Waals surface area contributed by atoms with Crippen molar-refractivity contribution in [3.8, 4) is 0 Å². The van der Waals surface area contributed by atoms with Crippen LogP contribution in [-0.2, 0) is 13.0 Å². The second-order valence-electron chi connectivity index (χ2n) is 3.08. The lowest BCUT2D eigenvalue weighted by Crippen LogP contribution is -2.03. The van der Waals surface area contributed by atoms with Crippen LogP contribution in [-0.4, -0.2) is 6.54 Å². The van der Waals surface area contributed by atoms with E-state index in [1.54, 1.807) is 0 Å². The molecular formula is C11H18N2. The molecule has 0 spiro atoms. The Kier molecular flexibility index (Phi) is 3.77. The number of benzene rings is 1. The van der Waals surface area contributed by atoms with Gasteiger partial charge in [-0.3, -0.25) is 0 Å². The molecule has 0 radical (unpaired) electrons. The number of nitrogens with two attached hydrogens (primary N) is 1. The number of anilines is 1. The number of hydrogen-bond donors (Lipinski definition) is 2. The second-order valence-corrected chi connectivity index (χ2v) is 3.08. The molecule has 0 aliphatic heterocycles. The number of hydrogen-bond acceptors (Lipinski definition) is 2. The number of nitrogens with one attached hydrogen (secondary N) is 1. The van der Waals surface area contributed by atoms with Crippen LogP contribution in [0.2, 0.25) is 0 Å². The minimum Gasteiger partial charge on any atom is -0.385 e. The summed E-state index contributed by atoms with van der Waals surface area (Å²) in [6, 6.07) is 6.39. The van der Waals surface area contributed by atoms with Gasteiger partial charge in [0.15, 0.2) is 0 Å². The van der Waals surface area contributed by atoms with Crippen molar-refractivity contribution < 1.29 is 0 Å². The summed E-state index contributed by atoms with van der Waals surface area (Å²) in [5.74, 6) is 0. The summed E-state index contributed by atoms with van der Waals surface area (Å²) in [7, 11) is 0. The normalized spacial score (nSPS) is 10.1. The highest BCUT2D eigenvalue weighted by atomic mass is 14.9. The molecule has 0 amide bonds. The first-order chi connectivity index (χ1) is 6.31. The smallest absolute Gasteiger partial charge is 0.0375 e. The monoisotopic (exact) mass is 178 g/mol. The largest absolute Gasteiger partial charge is 0.385 e. The third-order valence-electron chi connectivity index (χ3n) is 2.16. The van der Waals surface area contributed by atoms with E-state index in [2.05, 4.69) is 37.4 Å². The van der Waals surface area contributed by atoms with Gasteiger partial charge in [-0.05, 0) is 30.5 Å². The average Bonchev–Trinajstić information content (AvgIpc) is 2.18. The summed E-state index contributed by atoms with van der Waals surface area (Å²) in [6.45, 7) is 5.84. The maximum absolute atomic E-state index is 5.58. The number of rotatable bonds is 4. The van der Waals surface area contributed by atoms with Crippen LogP contribution < -0.4 is 11.1 Å². The van der Waals surface area contributed by atoms with E-state index in [1.807, 2.05) is 0 Å². The van der Waals surface area contributed by atoms with Gasteiger partial charge in [0.2, 0.25) is 0 Å². The Hall–Kier alpha value is -1.02. The standard InChI is InChI=1S/C11H18N2/c1-3-10-6-5-9(8-12)7-11(10)13-4-2/h5-7,13H,3-4,8,12H2,1-2H3. The van der Waals surface area contributed by atoms with Crippen LogP contribution in [0.25, 0.3) is 0 Å². The van der Waals surface area contributed by atoms with Crippen molar-refractivity contribution in [1.29, 1.82) is 0 Å². The SMILES string of the molecule is CCNc1cc(CN)ccc1CC. The minimum atomic E-state index is 0.613. The summed E-state index contributed by atoms with van der Waals surface area (Å²) in [4.78, 5) is 0. The molecule has 0 saturated heterocycles. The van der Waals surface area contributed by atoms with Crippen molar-refractivity contribution in [3.05, 3.63) is 29.3 Å². The predicted octanol–water partition coefficient (Wildman–Crippen LogP) is 2.14. The van der Waals surface area contributed by atoms with Gasteiger partial charge in [0.25, 0.3) is 0 Å². The van der Waals surface area contributed by atoms with Gasteiger partial charge < -0.3 is 11.1 Å². The van der Waals surface area contributed by atoms with Crippen LogP contribution >= 0.6 is 0 Å². The molecule has 1 rings (SSSR count). The lowest BCUT2D eigenvalue weighted by molar-refractivity contribution is 1.05. The summed E-state index contributed by atoms with van der Waals surface area (Å²) >= 11 is 0. The molecule has 72 valence electrons. The highest BCUT2D eigenvalue weighted by Crippen LogP contribution is 2.17. The first kappa shape index (κ1) is 10.1. The van der Waals surface area contributed by atoms with Crippen LogP contribution in [0.5, 0.6) is 0 Å². The quantitative estimate of drug-likeness (QED) is 0.741. The average molecular weight is 178 g/mol. The van der Waals surface area contributed by atoms with Crippen molar-refractivity contribution in [2.24, 2.45) is 5.73 Å². The van der Waals surface area contributed by atoms with Crippen LogP contribution in [0, 0.1) is 0 Å². The van der Waals surface area contributed by atoms with Gasteiger partial charge >= 0.3 is 0 Å². The highest BCUT2D eigenvalue weighted by Gasteiger charge is 1.99. The van der Waals surface area contributed by atoms with Gasteiger partial charge in [0.05, 0.1) is 0 Å². The number of aryl methyl sites for hydroxylation is 1. The van der Waals surface area contributed by atoms with Crippen molar-refractivity contribution in [3.63, 3.8) is 0 Å². The lowest BCUT2D eigenvalue weighted by Gasteiger charge is -2.10. The topological polar surface area (TPSA) is 38.0 Å². The highest BCUT2D eigenvalue weighted by molar-refractivity contribution is 5.53. The summed E-state index contributed by atoms with van der Waals surface area (Å²) in [5, 5.41) is 3.35. The zero-order valence-electron chi connectivity index (χ0n) is 8.43. The van der Waals surface area contributed by atoms with Gasteiger partial charge in [-0.2, -0.15) is 0 Å². The molecule has 13 heavy (non-hydrogen) atoms. The summed E-state index contributed by atoms with van der Waals surface area (Å²) in [5.41, 5.74) is 9.36. The maximum Gasteiger partial charge on any atom is 0.0375 e. The van der Waals surface area contributed by atoms with Crippen LogP contribution in [0.4, 0.5) is 5.69 Å². The lowest BCUT2D eigenvalue weighted by atomic mass is 10.1. The van der Waals surface area contributed by atoms with Crippen LogP contribution in [0.3, 0.4) is 0 Å². The molecule has 1 aromatic rings. The van der Waals surface area contributed by atoms with Crippen LogP contribution in [0.1, 0.15) is 25.0 Å². The van der Waals surface area contributed by atoms with Crippen molar-refractivity contribution >= 4 is 5.69 Å². The molecule has 3 N–H and O–H groups in total. The molecule has 0 unspecified atom stereocenters. The molecule has 0 heterocycles. The van der Waals surface area contributed by atoms with E-state index in [0.29, 0.717) is 6.54 Å². The fraction of sp³-hybridized carbons (Fsp3) is 0.455. The van der Waals surface area contributed by atoms with E-state index in [4.69, 9.17) is 5.73 Å². The molecule has 2 heteroatoms. The molecule has 2 nitrogen and oxygen atoms in total. The molecule has 0 aliphatic carbocycles. The third kappa shape index (κ3) is 2.46. The maximum atomic E-state index is 5.58. The van der Waals surface area contributed by atoms with E-state index < -0.39 is 0 Å². The zero-order valence-corrected chi connectivity index (χ0v) is 8.43. The summed E-state index contributed by atoms with van der Waals surface area (Å²) < 4.78 is 0. The molecule has 0 bridgehead atoms. The van der Waals surface area contributed by atoms with E-state index in [9.17, 15) is 0 Å². The first-order valence-electron chi connectivity index (χ1n) is 4.87. The van der Waals surface area contributed by atoms with Gasteiger partial charge in [-0.25, -0.2) is 0 Å². The van der Waals surface area contributed by atoms with Crippen molar-refractivity contribution in [2.75, 3.05) is 11.9 Å².